The lowest BCUT2D eigenvalue weighted by atomic mass is 9.89. The topological polar surface area (TPSA) is 51.1 Å². The van der Waals surface area contributed by atoms with Gasteiger partial charge in [-0.1, -0.05) is 20.8 Å². The van der Waals surface area contributed by atoms with Crippen LogP contribution < -0.4 is 4.90 Å². The minimum Gasteiger partial charge on any atom is -0.370 e. The monoisotopic (exact) mass is 398 g/mol. The lowest BCUT2D eigenvalue weighted by molar-refractivity contribution is -0.0401. The zero-order valence-electron chi connectivity index (χ0n) is 17.6. The molecule has 0 aromatic carbocycles. The van der Waals surface area contributed by atoms with Gasteiger partial charge < -0.3 is 9.64 Å². The molecule has 0 atom stereocenters. The van der Waals surface area contributed by atoms with Crippen molar-refractivity contribution in [3.05, 3.63) is 23.1 Å². The van der Waals surface area contributed by atoms with Crippen LogP contribution in [0.15, 0.2) is 6.33 Å². The number of fused-ring (bicyclic) bond motifs is 5. The van der Waals surface area contributed by atoms with Crippen molar-refractivity contribution >= 4 is 37.6 Å². The van der Waals surface area contributed by atoms with Crippen LogP contribution in [0.2, 0.25) is 0 Å². The third-order valence-electron chi connectivity index (χ3n) is 5.52. The Morgan fingerprint density at radius 3 is 2.54 bits per heavy atom. The molecule has 0 aliphatic carbocycles. The molecule has 4 heterocycles. The molecule has 6 heteroatoms. The van der Waals surface area contributed by atoms with E-state index in [1.807, 2.05) is 0 Å². The van der Waals surface area contributed by atoms with E-state index in [0.29, 0.717) is 6.61 Å². The van der Waals surface area contributed by atoms with E-state index in [1.165, 1.54) is 21.2 Å². The van der Waals surface area contributed by atoms with Gasteiger partial charge in [0.2, 0.25) is 0 Å². The maximum absolute atomic E-state index is 6.12. The summed E-state index contributed by atoms with van der Waals surface area (Å²) in [6.45, 7) is 13.6. The van der Waals surface area contributed by atoms with Gasteiger partial charge in [0.05, 0.1) is 22.4 Å². The Labute approximate surface area is 171 Å². The lowest BCUT2D eigenvalue weighted by Crippen LogP contribution is -2.32. The van der Waals surface area contributed by atoms with Crippen molar-refractivity contribution in [2.24, 2.45) is 0 Å². The molecule has 0 bridgehead atoms. The zero-order valence-corrected chi connectivity index (χ0v) is 18.4. The summed E-state index contributed by atoms with van der Waals surface area (Å²) in [5, 5.41) is 1.22. The highest BCUT2D eigenvalue weighted by molar-refractivity contribution is 7.26. The van der Waals surface area contributed by atoms with Crippen molar-refractivity contribution in [1.29, 1.82) is 0 Å². The Hall–Kier alpha value is -1.79. The normalized spacial score (nSPS) is 15.9. The van der Waals surface area contributed by atoms with Gasteiger partial charge >= 0.3 is 0 Å². The maximum Gasteiger partial charge on any atom is 0.150 e. The van der Waals surface area contributed by atoms with Gasteiger partial charge in [0.25, 0.3) is 0 Å². The van der Waals surface area contributed by atoms with Crippen molar-refractivity contribution in [3.8, 4) is 0 Å². The van der Waals surface area contributed by atoms with Crippen LogP contribution in [0.5, 0.6) is 0 Å². The van der Waals surface area contributed by atoms with E-state index in [2.05, 4.69) is 39.5 Å². The van der Waals surface area contributed by atoms with Crippen molar-refractivity contribution in [3.63, 3.8) is 0 Å². The summed E-state index contributed by atoms with van der Waals surface area (Å²) in [6, 6.07) is 0. The summed E-state index contributed by atoms with van der Waals surface area (Å²) in [4.78, 5) is 18.0. The summed E-state index contributed by atoms with van der Waals surface area (Å²) in [5.74, 6) is 1.06. The fraction of sp³-hybridized carbons (Fsp3) is 0.591. The summed E-state index contributed by atoms with van der Waals surface area (Å²) < 4.78 is 7.29. The highest BCUT2D eigenvalue weighted by Crippen LogP contribution is 2.42. The van der Waals surface area contributed by atoms with Crippen LogP contribution in [0, 0.1) is 0 Å². The first-order valence-electron chi connectivity index (χ1n) is 10.5. The average Bonchev–Trinajstić information content (AvgIpc) is 3.05. The number of rotatable bonds is 6. The Bertz CT molecular complexity index is 1000. The molecule has 4 rings (SSSR count). The summed E-state index contributed by atoms with van der Waals surface area (Å²) in [5.41, 5.74) is 4.72. The highest BCUT2D eigenvalue weighted by atomic mass is 32.1. The van der Waals surface area contributed by atoms with Gasteiger partial charge in [-0.3, -0.25) is 0 Å². The smallest absolute Gasteiger partial charge is 0.150 e. The van der Waals surface area contributed by atoms with E-state index in [0.717, 1.165) is 60.6 Å². The van der Waals surface area contributed by atoms with Crippen molar-refractivity contribution in [2.45, 2.75) is 72.5 Å². The van der Waals surface area contributed by atoms with E-state index < -0.39 is 0 Å². The van der Waals surface area contributed by atoms with Crippen LogP contribution in [0.3, 0.4) is 0 Å². The predicted molar refractivity (Wildman–Crippen MR) is 117 cm³/mol. The molecule has 0 unspecified atom stereocenters. The largest absolute Gasteiger partial charge is 0.370 e. The van der Waals surface area contributed by atoms with E-state index >= 15 is 0 Å². The van der Waals surface area contributed by atoms with Crippen molar-refractivity contribution in [1.82, 2.24) is 15.0 Å². The summed E-state index contributed by atoms with van der Waals surface area (Å²) >= 11 is 1.75. The first-order chi connectivity index (χ1) is 13.5. The average molecular weight is 399 g/mol. The van der Waals surface area contributed by atoms with E-state index in [1.54, 1.807) is 17.7 Å². The maximum atomic E-state index is 6.12. The van der Waals surface area contributed by atoms with Gasteiger partial charge in [-0.25, -0.2) is 15.0 Å². The molecular formula is C22H30N4OS. The van der Waals surface area contributed by atoms with Crippen LogP contribution in [0.4, 0.5) is 5.82 Å². The molecule has 1 aliphatic heterocycles. The Morgan fingerprint density at radius 2 is 1.86 bits per heavy atom. The summed E-state index contributed by atoms with van der Waals surface area (Å²) in [7, 11) is 0. The predicted octanol–water partition coefficient (Wildman–Crippen LogP) is 5.28. The van der Waals surface area contributed by atoms with E-state index in [-0.39, 0.29) is 5.60 Å². The number of hydrogen-bond acceptors (Lipinski definition) is 6. The minimum atomic E-state index is -0.160. The van der Waals surface area contributed by atoms with Crippen molar-refractivity contribution < 1.29 is 4.74 Å². The number of ether oxygens (including phenoxy) is 1. The van der Waals surface area contributed by atoms with Gasteiger partial charge in [0.1, 0.15) is 17.0 Å². The highest BCUT2D eigenvalue weighted by Gasteiger charge is 2.31. The number of pyridine rings is 1. The molecule has 0 N–H and O–H groups in total. The molecule has 0 saturated carbocycles. The number of thiophene rings is 1. The molecule has 0 saturated heterocycles. The van der Waals surface area contributed by atoms with E-state index in [4.69, 9.17) is 19.7 Å². The SMILES string of the molecule is CCCN(CCC)c1ncnc2c1sc1nc(CC)c3c(c12)CC(C)(C)OC3. The lowest BCUT2D eigenvalue weighted by Gasteiger charge is -2.33. The third-order valence-corrected chi connectivity index (χ3v) is 6.59. The number of aromatic nitrogens is 3. The Kier molecular flexibility index (Phi) is 5.27. The molecule has 28 heavy (non-hydrogen) atoms. The number of nitrogens with zero attached hydrogens (tertiary/aromatic N) is 4. The standard InChI is InChI=1S/C22H30N4OS/c1-6-9-26(10-7-2)20-19-18(23-13-24-20)17-14-11-22(4,5)27-12-15(14)16(8-3)25-21(17)28-19/h13H,6-12H2,1-5H3. The van der Waals surface area contributed by atoms with Crippen LogP contribution in [-0.4, -0.2) is 33.6 Å². The molecule has 3 aromatic heterocycles. The number of aryl methyl sites for hydroxylation is 1. The first-order valence-corrected chi connectivity index (χ1v) is 11.3. The fourth-order valence-corrected chi connectivity index (χ4v) is 5.44. The van der Waals surface area contributed by atoms with Crippen LogP contribution in [0.1, 0.15) is 64.3 Å². The third kappa shape index (κ3) is 3.26. The second-order valence-corrected chi connectivity index (χ2v) is 9.24. The van der Waals surface area contributed by atoms with Gasteiger partial charge in [-0.15, -0.1) is 11.3 Å². The second-order valence-electron chi connectivity index (χ2n) is 8.24. The van der Waals surface area contributed by atoms with Crippen LogP contribution in [-0.2, 0) is 24.2 Å². The zero-order chi connectivity index (χ0) is 19.9. The first kappa shape index (κ1) is 19.5. The number of anilines is 1. The number of hydrogen-bond donors (Lipinski definition) is 0. The fourth-order valence-electron chi connectivity index (χ4n) is 4.24. The van der Waals surface area contributed by atoms with Gasteiger partial charge in [-0.2, -0.15) is 0 Å². The molecule has 150 valence electrons. The van der Waals surface area contributed by atoms with Gasteiger partial charge in [0.15, 0.2) is 0 Å². The Balaban J connectivity index is 1.99. The quantitative estimate of drug-likeness (QED) is 0.565. The molecule has 0 fully saturated rings. The molecule has 0 amide bonds. The molecule has 3 aromatic rings. The Morgan fingerprint density at radius 1 is 1.11 bits per heavy atom. The second kappa shape index (κ2) is 7.56. The molecule has 0 radical (unpaired) electrons. The molecule has 0 spiro atoms. The summed E-state index contributed by atoms with van der Waals surface area (Å²) in [6.07, 6.45) is 5.76. The minimum absolute atomic E-state index is 0.160. The molecular weight excluding hydrogens is 368 g/mol. The van der Waals surface area contributed by atoms with Crippen LogP contribution in [0.25, 0.3) is 20.4 Å². The molecule has 5 nitrogen and oxygen atoms in total. The van der Waals surface area contributed by atoms with Gasteiger partial charge in [0, 0.05) is 36.2 Å². The van der Waals surface area contributed by atoms with Crippen molar-refractivity contribution in [2.75, 3.05) is 18.0 Å². The van der Waals surface area contributed by atoms with Gasteiger partial charge in [-0.05, 0) is 38.7 Å². The van der Waals surface area contributed by atoms with Crippen LogP contribution >= 0.6 is 11.3 Å². The molecule has 1 aliphatic rings. The van der Waals surface area contributed by atoms with E-state index in [9.17, 15) is 0 Å².